The summed E-state index contributed by atoms with van der Waals surface area (Å²) in [7, 11) is 0. The summed E-state index contributed by atoms with van der Waals surface area (Å²) in [4.78, 5) is 3.62. The van der Waals surface area contributed by atoms with Crippen LogP contribution in [0.3, 0.4) is 0 Å². The third-order valence-corrected chi connectivity index (χ3v) is 4.67. The molecule has 2 aliphatic carbocycles. The van der Waals surface area contributed by atoms with E-state index in [0.29, 0.717) is 11.8 Å². The van der Waals surface area contributed by atoms with Crippen molar-refractivity contribution in [2.24, 2.45) is 5.92 Å². The van der Waals surface area contributed by atoms with Crippen LogP contribution < -0.4 is 10.7 Å². The van der Waals surface area contributed by atoms with E-state index in [-0.39, 0.29) is 0 Å². The molecule has 1 aromatic heterocycles. The van der Waals surface area contributed by atoms with Crippen molar-refractivity contribution in [1.82, 2.24) is 0 Å². The average Bonchev–Trinajstić information content (AvgIpc) is 2.37. The van der Waals surface area contributed by atoms with Crippen LogP contribution in [0.25, 0.3) is 10.9 Å². The molecule has 2 aliphatic rings. The topological polar surface area (TPSA) is 40.2 Å². The fraction of sp³-hybridized carbons (Fsp3) is 0.353. The normalized spacial score (nSPS) is 25.0. The number of aromatic amines is 1. The maximum absolute atomic E-state index is 6.48. The van der Waals surface area contributed by atoms with Crippen LogP contribution in [0.4, 0.5) is 5.69 Å². The van der Waals surface area contributed by atoms with E-state index < -0.39 is 0 Å². The predicted molar refractivity (Wildman–Crippen MR) is 77.8 cm³/mol. The third kappa shape index (κ3) is 1.59. The molecule has 2 unspecified atom stereocenters. The molecule has 0 saturated heterocycles. The Morgan fingerprint density at radius 2 is 2.05 bits per heavy atom. The van der Waals surface area contributed by atoms with Crippen LogP contribution in [-0.2, 0) is 6.42 Å². The third-order valence-electron chi connectivity index (χ3n) is 4.67. The smallest absolute Gasteiger partial charge is 0.213 e. The van der Waals surface area contributed by atoms with Crippen molar-refractivity contribution in [2.75, 3.05) is 5.73 Å². The van der Waals surface area contributed by atoms with Crippen molar-refractivity contribution >= 4 is 16.6 Å². The molecule has 2 bridgehead atoms. The number of anilines is 1. The number of nitrogen functional groups attached to an aromatic ring is 1. The first-order valence-corrected chi connectivity index (χ1v) is 7.12. The number of nitrogens with one attached hydrogen (secondary N) is 1. The summed E-state index contributed by atoms with van der Waals surface area (Å²) < 4.78 is 0. The Morgan fingerprint density at radius 3 is 2.95 bits per heavy atom. The molecule has 2 aromatic rings. The zero-order valence-electron chi connectivity index (χ0n) is 11.2. The summed E-state index contributed by atoms with van der Waals surface area (Å²) in [6, 6.07) is 8.38. The Balaban J connectivity index is 1.98. The molecule has 1 heterocycles. The maximum atomic E-state index is 6.48. The summed E-state index contributed by atoms with van der Waals surface area (Å²) >= 11 is 0. The molecule has 96 valence electrons. The summed E-state index contributed by atoms with van der Waals surface area (Å²) in [5, 5.41) is 1.17. The molecule has 0 fully saturated rings. The molecule has 2 nitrogen and oxygen atoms in total. The van der Waals surface area contributed by atoms with Crippen molar-refractivity contribution in [3.05, 3.63) is 47.2 Å². The number of nitrogens with two attached hydrogens (primary N) is 1. The van der Waals surface area contributed by atoms with Gasteiger partial charge >= 0.3 is 0 Å². The zero-order chi connectivity index (χ0) is 13.0. The van der Waals surface area contributed by atoms with Crippen molar-refractivity contribution in [2.45, 2.75) is 32.1 Å². The Bertz CT molecular complexity index is 700. The highest BCUT2D eigenvalue weighted by atomic mass is 14.7. The summed E-state index contributed by atoms with van der Waals surface area (Å²) in [6.07, 6.45) is 6.00. The molecule has 0 aliphatic heterocycles. The second-order valence-corrected chi connectivity index (χ2v) is 6.09. The van der Waals surface area contributed by atoms with E-state index in [4.69, 9.17) is 5.73 Å². The number of benzene rings is 1. The van der Waals surface area contributed by atoms with Crippen LogP contribution in [0.1, 0.15) is 36.9 Å². The lowest BCUT2D eigenvalue weighted by atomic mass is 9.71. The minimum atomic E-state index is 0.611. The first kappa shape index (κ1) is 11.0. The highest BCUT2D eigenvalue weighted by Gasteiger charge is 2.35. The van der Waals surface area contributed by atoms with Gasteiger partial charge in [0.25, 0.3) is 0 Å². The highest BCUT2D eigenvalue weighted by molar-refractivity contribution is 5.90. The van der Waals surface area contributed by atoms with Gasteiger partial charge in [0.1, 0.15) is 0 Å². The number of allylic oxidation sites excluding steroid dienone is 2. The quantitative estimate of drug-likeness (QED) is 0.717. The van der Waals surface area contributed by atoms with E-state index in [9.17, 15) is 0 Å². The molecule has 0 saturated carbocycles. The van der Waals surface area contributed by atoms with Gasteiger partial charge in [-0.25, -0.2) is 4.98 Å². The summed E-state index contributed by atoms with van der Waals surface area (Å²) in [6.45, 7) is 2.26. The van der Waals surface area contributed by atoms with Gasteiger partial charge in [-0.1, -0.05) is 23.8 Å². The van der Waals surface area contributed by atoms with Gasteiger partial charge in [-0.05, 0) is 37.7 Å². The van der Waals surface area contributed by atoms with Gasteiger partial charge in [-0.15, -0.1) is 0 Å². The molecule has 0 spiro atoms. The van der Waals surface area contributed by atoms with Crippen LogP contribution in [-0.4, -0.2) is 0 Å². The van der Waals surface area contributed by atoms with Gasteiger partial charge in [0.05, 0.1) is 11.1 Å². The van der Waals surface area contributed by atoms with E-state index in [2.05, 4.69) is 42.2 Å². The van der Waals surface area contributed by atoms with E-state index in [1.54, 1.807) is 0 Å². The number of fused-ring (bicyclic) bond motifs is 5. The van der Waals surface area contributed by atoms with Crippen molar-refractivity contribution in [1.29, 1.82) is 0 Å². The largest absolute Gasteiger partial charge is 0.398 e. The van der Waals surface area contributed by atoms with Crippen LogP contribution in [0.2, 0.25) is 0 Å². The molecule has 4 rings (SSSR count). The number of para-hydroxylation sites is 1. The molecule has 19 heavy (non-hydrogen) atoms. The fourth-order valence-corrected chi connectivity index (χ4v) is 3.99. The molecular weight excluding hydrogens is 232 g/mol. The number of H-pyrrole nitrogens is 1. The highest BCUT2D eigenvalue weighted by Crippen LogP contribution is 2.45. The van der Waals surface area contributed by atoms with Crippen molar-refractivity contribution in [3.63, 3.8) is 0 Å². The van der Waals surface area contributed by atoms with Gasteiger partial charge < -0.3 is 5.73 Å². The average molecular weight is 251 g/mol. The van der Waals surface area contributed by atoms with E-state index >= 15 is 0 Å². The number of aromatic nitrogens is 1. The molecule has 0 radical (unpaired) electrons. The summed E-state index contributed by atoms with van der Waals surface area (Å²) in [5.74, 6) is 1.31. The Morgan fingerprint density at radius 1 is 1.21 bits per heavy atom. The number of pyridine rings is 1. The molecule has 1 aromatic carbocycles. The van der Waals surface area contributed by atoms with Crippen LogP contribution >= 0.6 is 0 Å². The monoisotopic (exact) mass is 251 g/mol. The molecule has 2 heteroatoms. The molecule has 2 atom stereocenters. The molecule has 3 N–H and O–H groups in total. The lowest BCUT2D eigenvalue weighted by Crippen LogP contribution is -2.29. The minimum Gasteiger partial charge on any atom is -0.398 e. The minimum absolute atomic E-state index is 0.611. The van der Waals surface area contributed by atoms with Gasteiger partial charge in [0.15, 0.2) is 5.69 Å². The standard InChI is InChI=1S/C17H18N2/c1-10-6-11-8-12(7-10)16-15(9-11)19-14-5-3-2-4-13(14)17(16)18/h2-6,11-12H,7-9H2,1H3,(H2,18,19)/p+1. The van der Waals surface area contributed by atoms with Gasteiger partial charge in [-0.3, -0.25) is 0 Å². The Hall–Kier alpha value is -1.83. The molecular formula is C17H19N2+. The first-order valence-electron chi connectivity index (χ1n) is 7.12. The first-order chi connectivity index (χ1) is 9.22. The zero-order valence-corrected chi connectivity index (χ0v) is 11.2. The van der Waals surface area contributed by atoms with Crippen LogP contribution in [0, 0.1) is 5.92 Å². The van der Waals surface area contributed by atoms with Crippen molar-refractivity contribution < 1.29 is 4.98 Å². The lowest BCUT2D eigenvalue weighted by Gasteiger charge is -2.33. The maximum Gasteiger partial charge on any atom is 0.213 e. The SMILES string of the molecule is CC1=CC2Cc3[nH+]c4ccccc4c(N)c3C(C1)C2. The van der Waals surface area contributed by atoms with E-state index in [1.807, 2.05) is 0 Å². The number of hydrogen-bond acceptors (Lipinski definition) is 1. The van der Waals surface area contributed by atoms with Crippen molar-refractivity contribution in [3.8, 4) is 0 Å². The Kier molecular flexibility index (Phi) is 2.22. The Labute approximate surface area is 113 Å². The molecule has 0 amide bonds. The van der Waals surface area contributed by atoms with Gasteiger partial charge in [-0.2, -0.15) is 0 Å². The predicted octanol–water partition coefficient (Wildman–Crippen LogP) is 3.23. The van der Waals surface area contributed by atoms with Gasteiger partial charge in [0, 0.05) is 18.1 Å². The van der Waals surface area contributed by atoms with E-state index in [0.717, 1.165) is 12.1 Å². The summed E-state index contributed by atoms with van der Waals surface area (Å²) in [5.41, 5.74) is 12.9. The lowest BCUT2D eigenvalue weighted by molar-refractivity contribution is -0.360. The second-order valence-electron chi connectivity index (χ2n) is 6.09. The van der Waals surface area contributed by atoms with Crippen LogP contribution in [0.5, 0.6) is 0 Å². The van der Waals surface area contributed by atoms with Gasteiger partial charge in [0.2, 0.25) is 5.52 Å². The van der Waals surface area contributed by atoms with E-state index in [1.165, 1.54) is 40.6 Å². The fourth-order valence-electron chi connectivity index (χ4n) is 3.99. The second kappa shape index (κ2) is 3.83. The number of rotatable bonds is 0. The number of hydrogen-bond donors (Lipinski definition) is 1. The van der Waals surface area contributed by atoms with Crippen LogP contribution in [0.15, 0.2) is 35.9 Å².